The van der Waals surface area contributed by atoms with E-state index >= 15 is 0 Å². The van der Waals surface area contributed by atoms with E-state index in [0.717, 1.165) is 0 Å². The molecule has 0 bridgehead atoms. The predicted molar refractivity (Wildman–Crippen MR) is 52.0 cm³/mol. The van der Waals surface area contributed by atoms with Gasteiger partial charge in [-0.3, -0.25) is 0 Å². The van der Waals surface area contributed by atoms with Gasteiger partial charge < -0.3 is 30.5 Å². The van der Waals surface area contributed by atoms with Crippen molar-refractivity contribution in [3.63, 3.8) is 0 Å². The molecular formula is C9H19NO5. The lowest BCUT2D eigenvalue weighted by Crippen LogP contribution is -2.63. The molecule has 6 heteroatoms. The molecule has 90 valence electrons. The fourth-order valence-corrected chi connectivity index (χ4v) is 1.59. The lowest BCUT2D eigenvalue weighted by molar-refractivity contribution is -0.261. The Labute approximate surface area is 88.6 Å². The summed E-state index contributed by atoms with van der Waals surface area (Å²) in [6.45, 7) is 3.22. The molecule has 0 aromatic carbocycles. The molecule has 1 saturated heterocycles. The summed E-state index contributed by atoms with van der Waals surface area (Å²) in [4.78, 5) is 0. The van der Waals surface area contributed by atoms with Gasteiger partial charge >= 0.3 is 0 Å². The molecule has 1 fully saturated rings. The highest BCUT2D eigenvalue weighted by molar-refractivity contribution is 4.92. The Hall–Kier alpha value is -0.240. The minimum absolute atomic E-state index is 0.125. The minimum Gasteiger partial charge on any atom is -0.394 e. The van der Waals surface area contributed by atoms with Gasteiger partial charge in [0.05, 0.1) is 18.8 Å². The first-order valence-corrected chi connectivity index (χ1v) is 5.01. The lowest BCUT2D eigenvalue weighted by atomic mass is 9.97. The first kappa shape index (κ1) is 12.8. The van der Waals surface area contributed by atoms with Crippen molar-refractivity contribution in [2.45, 2.75) is 50.6 Å². The van der Waals surface area contributed by atoms with E-state index in [-0.39, 0.29) is 12.7 Å². The highest BCUT2D eigenvalue weighted by atomic mass is 16.6. The van der Waals surface area contributed by atoms with Gasteiger partial charge in [0.25, 0.3) is 0 Å². The van der Waals surface area contributed by atoms with Crippen LogP contribution in [0.25, 0.3) is 0 Å². The van der Waals surface area contributed by atoms with Crippen LogP contribution in [0.4, 0.5) is 0 Å². The zero-order chi connectivity index (χ0) is 11.6. The topological polar surface area (TPSA) is 105 Å². The molecule has 6 nitrogen and oxygen atoms in total. The molecule has 0 aromatic heterocycles. The average Bonchev–Trinajstić information content (AvgIpc) is 2.18. The molecule has 0 aliphatic carbocycles. The standard InChI is InChI=1S/C9H19NO5/c1-4(2)14-8-6(10)9(13)15-5(3-11)7(8)12/h4-9,11-13H,3,10H2,1-2H3/t5-,6-,7-,8-,9+/m1/s1. The summed E-state index contributed by atoms with van der Waals surface area (Å²) in [6, 6.07) is -0.815. The average molecular weight is 221 g/mol. The van der Waals surface area contributed by atoms with Crippen LogP contribution in [0, 0.1) is 0 Å². The monoisotopic (exact) mass is 221 g/mol. The fraction of sp³-hybridized carbons (Fsp3) is 1.00. The maximum absolute atomic E-state index is 9.76. The third-order valence-electron chi connectivity index (χ3n) is 2.35. The molecule has 0 amide bonds. The summed E-state index contributed by atoms with van der Waals surface area (Å²) in [6.07, 6.45) is -3.97. The van der Waals surface area contributed by atoms with Crippen molar-refractivity contribution < 1.29 is 24.8 Å². The Bertz CT molecular complexity index is 201. The fourth-order valence-electron chi connectivity index (χ4n) is 1.59. The molecule has 5 N–H and O–H groups in total. The van der Waals surface area contributed by atoms with Crippen molar-refractivity contribution >= 4 is 0 Å². The van der Waals surface area contributed by atoms with Crippen molar-refractivity contribution in [3.8, 4) is 0 Å². The quantitative estimate of drug-likeness (QED) is 0.447. The molecule has 0 spiro atoms. The number of hydrogen-bond donors (Lipinski definition) is 4. The van der Waals surface area contributed by atoms with Crippen molar-refractivity contribution in [3.05, 3.63) is 0 Å². The minimum atomic E-state index is -1.23. The molecule has 0 radical (unpaired) electrons. The van der Waals surface area contributed by atoms with Crippen LogP contribution in [-0.4, -0.2) is 58.7 Å². The smallest absolute Gasteiger partial charge is 0.173 e. The van der Waals surface area contributed by atoms with Gasteiger partial charge in [0.15, 0.2) is 6.29 Å². The van der Waals surface area contributed by atoms with Gasteiger partial charge in [-0.15, -0.1) is 0 Å². The first-order chi connectivity index (χ1) is 6.97. The van der Waals surface area contributed by atoms with Gasteiger partial charge in [-0.05, 0) is 13.8 Å². The molecule has 0 unspecified atom stereocenters. The second kappa shape index (κ2) is 5.20. The van der Waals surface area contributed by atoms with Crippen LogP contribution in [0.3, 0.4) is 0 Å². The molecule has 1 rings (SSSR count). The largest absolute Gasteiger partial charge is 0.394 e. The van der Waals surface area contributed by atoms with Crippen LogP contribution in [0.15, 0.2) is 0 Å². The normalized spacial score (nSPS) is 42.2. The van der Waals surface area contributed by atoms with Crippen LogP contribution in [-0.2, 0) is 9.47 Å². The third kappa shape index (κ3) is 2.87. The summed E-state index contributed by atoms with van der Waals surface area (Å²) in [5.41, 5.74) is 5.64. The molecule has 15 heavy (non-hydrogen) atoms. The van der Waals surface area contributed by atoms with E-state index in [1.54, 1.807) is 13.8 Å². The van der Waals surface area contributed by atoms with Crippen LogP contribution < -0.4 is 5.73 Å². The van der Waals surface area contributed by atoms with E-state index in [0.29, 0.717) is 0 Å². The third-order valence-corrected chi connectivity index (χ3v) is 2.35. The van der Waals surface area contributed by atoms with Crippen molar-refractivity contribution in [1.82, 2.24) is 0 Å². The summed E-state index contributed by atoms with van der Waals surface area (Å²) < 4.78 is 10.3. The zero-order valence-corrected chi connectivity index (χ0v) is 8.91. The van der Waals surface area contributed by atoms with E-state index in [2.05, 4.69) is 0 Å². The van der Waals surface area contributed by atoms with E-state index in [9.17, 15) is 10.2 Å². The predicted octanol–water partition coefficient (Wildman–Crippen LogP) is -1.82. The Morgan fingerprint density at radius 3 is 2.47 bits per heavy atom. The van der Waals surface area contributed by atoms with Crippen LogP contribution >= 0.6 is 0 Å². The summed E-state index contributed by atoms with van der Waals surface area (Å²) in [7, 11) is 0. The molecular weight excluding hydrogens is 202 g/mol. The maximum atomic E-state index is 9.76. The molecule has 1 heterocycles. The number of ether oxygens (including phenoxy) is 2. The zero-order valence-electron chi connectivity index (χ0n) is 8.91. The van der Waals surface area contributed by atoms with Crippen LogP contribution in [0.1, 0.15) is 13.8 Å². The van der Waals surface area contributed by atoms with Gasteiger partial charge in [0.2, 0.25) is 0 Å². The van der Waals surface area contributed by atoms with E-state index in [1.807, 2.05) is 0 Å². The second-order valence-electron chi connectivity index (χ2n) is 3.97. The molecule has 1 aliphatic rings. The lowest BCUT2D eigenvalue weighted by Gasteiger charge is -2.41. The highest BCUT2D eigenvalue weighted by Gasteiger charge is 2.43. The Morgan fingerprint density at radius 2 is 2.00 bits per heavy atom. The molecule has 1 aliphatic heterocycles. The van der Waals surface area contributed by atoms with Crippen molar-refractivity contribution in [2.24, 2.45) is 5.73 Å². The Morgan fingerprint density at radius 1 is 1.40 bits per heavy atom. The number of rotatable bonds is 3. The van der Waals surface area contributed by atoms with Gasteiger partial charge in [-0.25, -0.2) is 0 Å². The number of aliphatic hydroxyl groups is 3. The SMILES string of the molecule is CC(C)O[C@@H]1[C@@H](N)[C@@H](O)O[C@H](CO)[C@H]1O. The van der Waals surface area contributed by atoms with Crippen molar-refractivity contribution in [2.75, 3.05) is 6.61 Å². The number of hydrogen-bond acceptors (Lipinski definition) is 6. The second-order valence-corrected chi connectivity index (χ2v) is 3.97. The Kier molecular flexibility index (Phi) is 4.45. The summed E-state index contributed by atoms with van der Waals surface area (Å²) >= 11 is 0. The summed E-state index contributed by atoms with van der Waals surface area (Å²) in [5, 5.41) is 28.1. The van der Waals surface area contributed by atoms with E-state index in [4.69, 9.17) is 20.3 Å². The molecule has 0 saturated carbocycles. The summed E-state index contributed by atoms with van der Waals surface area (Å²) in [5.74, 6) is 0. The van der Waals surface area contributed by atoms with Gasteiger partial charge in [-0.1, -0.05) is 0 Å². The number of nitrogens with two attached hydrogens (primary N) is 1. The van der Waals surface area contributed by atoms with Crippen LogP contribution in [0.2, 0.25) is 0 Å². The highest BCUT2D eigenvalue weighted by Crippen LogP contribution is 2.21. The van der Waals surface area contributed by atoms with Crippen molar-refractivity contribution in [1.29, 1.82) is 0 Å². The molecule has 5 atom stereocenters. The van der Waals surface area contributed by atoms with Gasteiger partial charge in [0, 0.05) is 0 Å². The van der Waals surface area contributed by atoms with Gasteiger partial charge in [-0.2, -0.15) is 0 Å². The van der Waals surface area contributed by atoms with E-state index in [1.165, 1.54) is 0 Å². The van der Waals surface area contributed by atoms with E-state index < -0.39 is 30.6 Å². The first-order valence-electron chi connectivity index (χ1n) is 5.01. The maximum Gasteiger partial charge on any atom is 0.173 e. The Balaban J connectivity index is 2.70. The number of aliphatic hydroxyl groups excluding tert-OH is 3. The molecule has 0 aromatic rings. The van der Waals surface area contributed by atoms with Crippen LogP contribution in [0.5, 0.6) is 0 Å². The van der Waals surface area contributed by atoms with Gasteiger partial charge in [0.1, 0.15) is 18.3 Å².